The molecule has 1 aliphatic heterocycles. The first-order chi connectivity index (χ1) is 12.8. The molecule has 0 spiro atoms. The molecule has 2 unspecified atom stereocenters. The average molecular weight is 375 g/mol. The zero-order chi connectivity index (χ0) is 20.0. The van der Waals surface area contributed by atoms with Crippen LogP contribution in [-0.2, 0) is 14.4 Å². The molecule has 9 heteroatoms. The van der Waals surface area contributed by atoms with Crippen LogP contribution in [0.25, 0.3) is 0 Å². The fraction of sp³-hybridized carbons (Fsp3) is 0.444. The van der Waals surface area contributed by atoms with Gasteiger partial charge in [0.2, 0.25) is 17.7 Å². The van der Waals surface area contributed by atoms with E-state index < -0.39 is 12.1 Å². The summed E-state index contributed by atoms with van der Waals surface area (Å²) in [4.78, 5) is 47.9. The minimum absolute atomic E-state index is 0.00140. The molecule has 5 N–H and O–H groups in total. The number of benzene rings is 1. The second-order valence-electron chi connectivity index (χ2n) is 6.48. The Balaban J connectivity index is 1.82. The second-order valence-corrected chi connectivity index (χ2v) is 6.48. The van der Waals surface area contributed by atoms with E-state index in [9.17, 15) is 19.2 Å². The van der Waals surface area contributed by atoms with Gasteiger partial charge < -0.3 is 21.7 Å². The first-order valence-electron chi connectivity index (χ1n) is 8.86. The van der Waals surface area contributed by atoms with Crippen molar-refractivity contribution in [2.75, 3.05) is 23.7 Å². The summed E-state index contributed by atoms with van der Waals surface area (Å²) in [5.74, 6) is -0.843. The summed E-state index contributed by atoms with van der Waals surface area (Å²) in [5.41, 5.74) is 7.02. The van der Waals surface area contributed by atoms with Crippen LogP contribution in [0.1, 0.15) is 26.7 Å². The molecule has 0 aliphatic carbocycles. The smallest absolute Gasteiger partial charge is 0.324 e. The third-order valence-electron chi connectivity index (χ3n) is 4.50. The Bertz CT molecular complexity index is 703. The fourth-order valence-corrected chi connectivity index (χ4v) is 2.49. The van der Waals surface area contributed by atoms with Crippen LogP contribution in [0.4, 0.5) is 16.2 Å². The van der Waals surface area contributed by atoms with E-state index in [4.69, 9.17) is 5.73 Å². The lowest BCUT2D eigenvalue weighted by Crippen LogP contribution is -2.40. The molecule has 0 saturated carbocycles. The van der Waals surface area contributed by atoms with Crippen LogP contribution in [-0.4, -0.2) is 47.8 Å². The van der Waals surface area contributed by atoms with Gasteiger partial charge in [0.1, 0.15) is 0 Å². The molecular formula is C18H25N5O4. The van der Waals surface area contributed by atoms with E-state index >= 15 is 0 Å². The molecule has 1 aromatic rings. The lowest BCUT2D eigenvalue weighted by Gasteiger charge is -2.17. The van der Waals surface area contributed by atoms with Gasteiger partial charge in [-0.2, -0.15) is 0 Å². The molecule has 1 heterocycles. The highest BCUT2D eigenvalue weighted by Gasteiger charge is 2.28. The van der Waals surface area contributed by atoms with Crippen molar-refractivity contribution in [1.82, 2.24) is 10.2 Å². The molecule has 1 saturated heterocycles. The highest BCUT2D eigenvalue weighted by Crippen LogP contribution is 2.15. The second kappa shape index (κ2) is 9.13. The third kappa shape index (κ3) is 5.52. The summed E-state index contributed by atoms with van der Waals surface area (Å²) in [7, 11) is 0. The van der Waals surface area contributed by atoms with Gasteiger partial charge in [0.25, 0.3) is 0 Å². The molecule has 0 aromatic heterocycles. The van der Waals surface area contributed by atoms with Gasteiger partial charge in [-0.25, -0.2) is 4.79 Å². The summed E-state index contributed by atoms with van der Waals surface area (Å²) in [6.07, 6.45) is 0.811. The maximum Gasteiger partial charge on any atom is 0.324 e. The molecule has 1 fully saturated rings. The van der Waals surface area contributed by atoms with Crippen LogP contribution < -0.4 is 21.7 Å². The maximum absolute atomic E-state index is 12.1. The number of hydrogen-bond donors (Lipinski definition) is 4. The Hall–Kier alpha value is -2.94. The molecule has 27 heavy (non-hydrogen) atoms. The van der Waals surface area contributed by atoms with E-state index in [2.05, 4.69) is 16.0 Å². The number of hydrogen-bond acceptors (Lipinski definition) is 5. The largest absolute Gasteiger partial charge is 0.329 e. The predicted octanol–water partition coefficient (Wildman–Crippen LogP) is 0.879. The number of nitrogens with two attached hydrogens (primary N) is 1. The van der Waals surface area contributed by atoms with Gasteiger partial charge in [0.15, 0.2) is 0 Å². The van der Waals surface area contributed by atoms with Gasteiger partial charge in [-0.1, -0.05) is 20.3 Å². The first-order valence-corrected chi connectivity index (χ1v) is 8.86. The number of nitrogens with one attached hydrogen (secondary N) is 3. The number of nitrogens with zero attached hydrogens (tertiary/aromatic N) is 1. The van der Waals surface area contributed by atoms with Crippen molar-refractivity contribution < 1.29 is 19.2 Å². The van der Waals surface area contributed by atoms with Crippen LogP contribution in [0.3, 0.4) is 0 Å². The Kier molecular flexibility index (Phi) is 6.89. The zero-order valence-corrected chi connectivity index (χ0v) is 15.5. The molecule has 2 atom stereocenters. The lowest BCUT2D eigenvalue weighted by molar-refractivity contribution is -0.125. The van der Waals surface area contributed by atoms with Gasteiger partial charge in [0, 0.05) is 24.3 Å². The molecule has 146 valence electrons. The third-order valence-corrected chi connectivity index (χ3v) is 4.50. The quantitative estimate of drug-likeness (QED) is 0.501. The number of urea groups is 1. The Labute approximate surface area is 157 Å². The highest BCUT2D eigenvalue weighted by atomic mass is 16.2. The van der Waals surface area contributed by atoms with Crippen molar-refractivity contribution in [3.8, 4) is 0 Å². The molecule has 1 aromatic carbocycles. The van der Waals surface area contributed by atoms with Crippen molar-refractivity contribution >= 4 is 35.1 Å². The number of amides is 5. The first kappa shape index (κ1) is 20.4. The summed E-state index contributed by atoms with van der Waals surface area (Å²) in [5, 5.41) is 7.82. The van der Waals surface area contributed by atoms with Crippen molar-refractivity contribution in [3.05, 3.63) is 24.3 Å². The number of carbonyl (C=O) groups excluding carboxylic acids is 4. The van der Waals surface area contributed by atoms with Crippen molar-refractivity contribution in [2.45, 2.75) is 32.7 Å². The van der Waals surface area contributed by atoms with Crippen molar-refractivity contribution in [2.24, 2.45) is 11.7 Å². The van der Waals surface area contributed by atoms with E-state index in [1.807, 2.05) is 13.8 Å². The molecule has 1 aliphatic rings. The predicted molar refractivity (Wildman–Crippen MR) is 101 cm³/mol. The normalized spacial score (nSPS) is 15.9. The number of rotatable bonds is 8. The summed E-state index contributed by atoms with van der Waals surface area (Å²) < 4.78 is 0. The average Bonchev–Trinajstić information content (AvgIpc) is 2.98. The lowest BCUT2D eigenvalue weighted by atomic mass is 9.99. The molecule has 0 bridgehead atoms. The van der Waals surface area contributed by atoms with Crippen LogP contribution in [0.2, 0.25) is 0 Å². The van der Waals surface area contributed by atoms with E-state index in [1.54, 1.807) is 24.3 Å². The van der Waals surface area contributed by atoms with Gasteiger partial charge in [0.05, 0.1) is 12.6 Å². The standard InChI is InChI=1S/C18H25N5O4/c1-3-11(2)16(19)17(26)22-13-6-4-12(5-7-13)21-14(24)8-9-23-15(25)10-20-18(23)27/h4-7,11,16H,3,8-10,19H2,1-2H3,(H,20,27)(H,21,24)(H,22,26). The monoisotopic (exact) mass is 375 g/mol. The maximum atomic E-state index is 12.1. The summed E-state index contributed by atoms with van der Waals surface area (Å²) in [6, 6.07) is 5.55. The van der Waals surface area contributed by atoms with Crippen LogP contribution in [0, 0.1) is 5.92 Å². The Morgan fingerprint density at radius 2 is 1.78 bits per heavy atom. The summed E-state index contributed by atoms with van der Waals surface area (Å²) >= 11 is 0. The topological polar surface area (TPSA) is 134 Å². The number of imide groups is 1. The van der Waals surface area contributed by atoms with Crippen LogP contribution in [0.15, 0.2) is 24.3 Å². The van der Waals surface area contributed by atoms with E-state index in [0.29, 0.717) is 11.4 Å². The van der Waals surface area contributed by atoms with E-state index in [1.165, 1.54) is 0 Å². The number of anilines is 2. The minimum atomic E-state index is -0.583. The van der Waals surface area contributed by atoms with E-state index in [0.717, 1.165) is 11.3 Å². The van der Waals surface area contributed by atoms with E-state index in [-0.39, 0.29) is 43.1 Å². The molecule has 5 amide bonds. The SMILES string of the molecule is CCC(C)C(N)C(=O)Nc1ccc(NC(=O)CCN2C(=O)CNC2=O)cc1. The highest BCUT2D eigenvalue weighted by molar-refractivity contribution is 6.02. The molecule has 0 radical (unpaired) electrons. The van der Waals surface area contributed by atoms with Crippen molar-refractivity contribution in [1.29, 1.82) is 0 Å². The van der Waals surface area contributed by atoms with Gasteiger partial charge >= 0.3 is 6.03 Å². The van der Waals surface area contributed by atoms with Gasteiger partial charge in [-0.05, 0) is 30.2 Å². The number of carbonyl (C=O) groups is 4. The van der Waals surface area contributed by atoms with Crippen LogP contribution in [0.5, 0.6) is 0 Å². The molecule has 9 nitrogen and oxygen atoms in total. The van der Waals surface area contributed by atoms with Gasteiger partial charge in [-0.3, -0.25) is 19.3 Å². The van der Waals surface area contributed by atoms with Crippen LogP contribution >= 0.6 is 0 Å². The Morgan fingerprint density at radius 3 is 2.30 bits per heavy atom. The fourth-order valence-electron chi connectivity index (χ4n) is 2.49. The van der Waals surface area contributed by atoms with Gasteiger partial charge in [-0.15, -0.1) is 0 Å². The molecule has 2 rings (SSSR count). The minimum Gasteiger partial charge on any atom is -0.329 e. The Morgan fingerprint density at radius 1 is 1.19 bits per heavy atom. The molecular weight excluding hydrogens is 350 g/mol. The zero-order valence-electron chi connectivity index (χ0n) is 15.5. The van der Waals surface area contributed by atoms with Crippen molar-refractivity contribution in [3.63, 3.8) is 0 Å². The summed E-state index contributed by atoms with van der Waals surface area (Å²) in [6.45, 7) is 3.88.